The Labute approximate surface area is 96.1 Å². The Morgan fingerprint density at radius 2 is 2.00 bits per heavy atom. The molecule has 2 fully saturated rings. The van der Waals surface area contributed by atoms with Crippen LogP contribution in [0.1, 0.15) is 18.1 Å². The van der Waals surface area contributed by atoms with Crippen LogP contribution in [0.15, 0.2) is 30.3 Å². The lowest BCUT2D eigenvalue weighted by molar-refractivity contribution is 0.127. The highest BCUT2D eigenvalue weighted by Gasteiger charge is 2.50. The molecule has 1 aliphatic carbocycles. The van der Waals surface area contributed by atoms with Gasteiger partial charge in [-0.25, -0.2) is 0 Å². The fourth-order valence-corrected chi connectivity index (χ4v) is 2.59. The van der Waals surface area contributed by atoms with Gasteiger partial charge in [-0.05, 0) is 30.4 Å². The van der Waals surface area contributed by atoms with Gasteiger partial charge in [-0.15, -0.1) is 12.4 Å². The average Bonchev–Trinajstić information content (AvgIpc) is 2.91. The van der Waals surface area contributed by atoms with Gasteiger partial charge in [-0.1, -0.05) is 30.3 Å². The highest BCUT2D eigenvalue weighted by molar-refractivity contribution is 5.85. The predicted octanol–water partition coefficient (Wildman–Crippen LogP) is 1.75. The van der Waals surface area contributed by atoms with Gasteiger partial charge in [0.1, 0.15) is 0 Å². The van der Waals surface area contributed by atoms with E-state index in [1.807, 2.05) is 30.3 Å². The Morgan fingerprint density at radius 3 is 2.53 bits per heavy atom. The maximum atomic E-state index is 10.2. The first-order chi connectivity index (χ1) is 6.86. The summed E-state index contributed by atoms with van der Waals surface area (Å²) in [5.41, 5.74) is 1.04. The van der Waals surface area contributed by atoms with Gasteiger partial charge in [0.05, 0.1) is 6.10 Å². The molecule has 2 aliphatic rings. The molecule has 0 radical (unpaired) electrons. The lowest BCUT2D eigenvalue weighted by Gasteiger charge is -2.20. The second-order valence-electron chi connectivity index (χ2n) is 4.45. The smallest absolute Gasteiger partial charge is 0.0945 e. The third-order valence-corrected chi connectivity index (χ3v) is 3.54. The van der Waals surface area contributed by atoms with Crippen molar-refractivity contribution in [3.05, 3.63) is 35.9 Å². The second-order valence-corrected chi connectivity index (χ2v) is 4.45. The van der Waals surface area contributed by atoms with Crippen molar-refractivity contribution in [2.75, 3.05) is 6.54 Å². The van der Waals surface area contributed by atoms with E-state index in [9.17, 15) is 5.11 Å². The number of benzene rings is 1. The standard InChI is InChI=1S/C12H15NO.ClH/c14-12(8-4-2-1-3-5-8)11-10-6-9(10)7-13-11;/h1-5,9-14H,6-7H2;1H. The molecule has 1 saturated heterocycles. The molecule has 1 aliphatic heterocycles. The quantitative estimate of drug-likeness (QED) is 0.804. The van der Waals surface area contributed by atoms with Gasteiger partial charge < -0.3 is 10.4 Å². The molecule has 0 spiro atoms. The number of halogens is 1. The van der Waals surface area contributed by atoms with Crippen molar-refractivity contribution < 1.29 is 5.11 Å². The lowest BCUT2D eigenvalue weighted by Crippen LogP contribution is -2.32. The first-order valence-electron chi connectivity index (χ1n) is 5.32. The summed E-state index contributed by atoms with van der Waals surface area (Å²) >= 11 is 0. The summed E-state index contributed by atoms with van der Waals surface area (Å²) in [6.07, 6.45) is 0.982. The van der Waals surface area contributed by atoms with Crippen molar-refractivity contribution >= 4 is 12.4 Å². The zero-order valence-corrected chi connectivity index (χ0v) is 9.28. The van der Waals surface area contributed by atoms with E-state index in [1.165, 1.54) is 6.42 Å². The van der Waals surface area contributed by atoms with Crippen molar-refractivity contribution in [2.24, 2.45) is 11.8 Å². The molecule has 1 aromatic rings. The largest absolute Gasteiger partial charge is 0.387 e. The third-order valence-electron chi connectivity index (χ3n) is 3.54. The van der Waals surface area contributed by atoms with E-state index >= 15 is 0 Å². The topological polar surface area (TPSA) is 32.3 Å². The number of hydrogen-bond acceptors (Lipinski definition) is 2. The van der Waals surface area contributed by atoms with Crippen molar-refractivity contribution in [3.8, 4) is 0 Å². The average molecular weight is 226 g/mol. The lowest BCUT2D eigenvalue weighted by atomic mass is 10.00. The molecular formula is C12H16ClNO. The van der Waals surface area contributed by atoms with Crippen LogP contribution in [0, 0.1) is 11.8 Å². The van der Waals surface area contributed by atoms with Crippen LogP contribution < -0.4 is 5.32 Å². The molecule has 15 heavy (non-hydrogen) atoms. The molecule has 0 amide bonds. The molecular weight excluding hydrogens is 210 g/mol. The number of rotatable bonds is 2. The number of aliphatic hydroxyl groups excluding tert-OH is 1. The Hall–Kier alpha value is -0.570. The minimum absolute atomic E-state index is 0. The van der Waals surface area contributed by atoms with E-state index in [-0.39, 0.29) is 18.5 Å². The number of hydrogen-bond donors (Lipinski definition) is 2. The van der Waals surface area contributed by atoms with Crippen LogP contribution in [0.3, 0.4) is 0 Å². The summed E-state index contributed by atoms with van der Waals surface area (Å²) in [5.74, 6) is 1.57. The minimum atomic E-state index is -0.325. The molecule has 2 nitrogen and oxygen atoms in total. The summed E-state index contributed by atoms with van der Waals surface area (Å²) in [4.78, 5) is 0. The zero-order chi connectivity index (χ0) is 9.54. The Bertz CT molecular complexity index is 330. The van der Waals surface area contributed by atoms with Crippen LogP contribution >= 0.6 is 12.4 Å². The van der Waals surface area contributed by atoms with Gasteiger partial charge >= 0.3 is 0 Å². The molecule has 0 bridgehead atoms. The van der Waals surface area contributed by atoms with Crippen molar-refractivity contribution in [1.29, 1.82) is 0 Å². The molecule has 4 atom stereocenters. The number of nitrogens with one attached hydrogen (secondary N) is 1. The molecule has 1 saturated carbocycles. The summed E-state index contributed by atoms with van der Waals surface area (Å²) < 4.78 is 0. The van der Waals surface area contributed by atoms with E-state index in [0.29, 0.717) is 6.04 Å². The number of aliphatic hydroxyl groups is 1. The van der Waals surface area contributed by atoms with Gasteiger partial charge in [0.15, 0.2) is 0 Å². The van der Waals surface area contributed by atoms with Crippen molar-refractivity contribution in [3.63, 3.8) is 0 Å². The van der Waals surface area contributed by atoms with E-state index in [0.717, 1.165) is 23.9 Å². The van der Waals surface area contributed by atoms with Crippen LogP contribution in [0.2, 0.25) is 0 Å². The number of piperidine rings is 1. The van der Waals surface area contributed by atoms with Crippen molar-refractivity contribution in [2.45, 2.75) is 18.6 Å². The Balaban J connectivity index is 0.000000853. The highest BCUT2D eigenvalue weighted by atomic mass is 35.5. The molecule has 0 aromatic heterocycles. The number of fused-ring (bicyclic) bond motifs is 1. The van der Waals surface area contributed by atoms with Gasteiger partial charge in [0.25, 0.3) is 0 Å². The van der Waals surface area contributed by atoms with Crippen LogP contribution in [0.5, 0.6) is 0 Å². The summed E-state index contributed by atoms with van der Waals surface area (Å²) in [6.45, 7) is 1.10. The first-order valence-corrected chi connectivity index (χ1v) is 5.32. The predicted molar refractivity (Wildman–Crippen MR) is 62.0 cm³/mol. The van der Waals surface area contributed by atoms with Crippen molar-refractivity contribution in [1.82, 2.24) is 5.32 Å². The fourth-order valence-electron chi connectivity index (χ4n) is 2.59. The fraction of sp³-hybridized carbons (Fsp3) is 0.500. The van der Waals surface area contributed by atoms with E-state index in [4.69, 9.17) is 0 Å². The van der Waals surface area contributed by atoms with Gasteiger partial charge in [0.2, 0.25) is 0 Å². The molecule has 1 aromatic carbocycles. The van der Waals surface area contributed by atoms with Gasteiger partial charge in [-0.2, -0.15) is 0 Å². The molecule has 4 unspecified atom stereocenters. The van der Waals surface area contributed by atoms with E-state index in [1.54, 1.807) is 0 Å². The summed E-state index contributed by atoms with van der Waals surface area (Å²) in [6, 6.07) is 10.3. The second kappa shape index (κ2) is 4.12. The maximum absolute atomic E-state index is 10.2. The monoisotopic (exact) mass is 225 g/mol. The molecule has 3 heteroatoms. The van der Waals surface area contributed by atoms with Gasteiger partial charge in [-0.3, -0.25) is 0 Å². The molecule has 3 rings (SSSR count). The molecule has 82 valence electrons. The Kier molecular flexibility index (Phi) is 3.01. The maximum Gasteiger partial charge on any atom is 0.0945 e. The molecule has 1 heterocycles. The Morgan fingerprint density at radius 1 is 1.27 bits per heavy atom. The van der Waals surface area contributed by atoms with Crippen LogP contribution in [0.4, 0.5) is 0 Å². The first kappa shape index (κ1) is 10.9. The molecule has 2 N–H and O–H groups in total. The van der Waals surface area contributed by atoms with E-state index in [2.05, 4.69) is 5.32 Å². The summed E-state index contributed by atoms with van der Waals surface area (Å²) in [5, 5.41) is 13.6. The normalized spacial score (nSPS) is 34.1. The zero-order valence-electron chi connectivity index (χ0n) is 8.47. The third kappa shape index (κ3) is 1.89. The van der Waals surface area contributed by atoms with Crippen LogP contribution in [-0.2, 0) is 0 Å². The minimum Gasteiger partial charge on any atom is -0.387 e. The highest BCUT2D eigenvalue weighted by Crippen LogP contribution is 2.48. The van der Waals surface area contributed by atoms with E-state index < -0.39 is 0 Å². The van der Waals surface area contributed by atoms with Gasteiger partial charge in [0, 0.05) is 6.04 Å². The summed E-state index contributed by atoms with van der Waals surface area (Å²) in [7, 11) is 0. The van der Waals surface area contributed by atoms with Crippen LogP contribution in [-0.4, -0.2) is 17.7 Å². The van der Waals surface area contributed by atoms with Crippen LogP contribution in [0.25, 0.3) is 0 Å². The SMILES string of the molecule is Cl.OC(c1ccccc1)C1NCC2CC21.